The molecule has 3 aromatic rings. The van der Waals surface area contributed by atoms with E-state index in [-0.39, 0.29) is 17.5 Å². The molecule has 2 aliphatic heterocycles. The summed E-state index contributed by atoms with van der Waals surface area (Å²) in [5, 5.41) is 3.77. The van der Waals surface area contributed by atoms with Crippen LogP contribution in [0.3, 0.4) is 0 Å². The van der Waals surface area contributed by atoms with E-state index < -0.39 is 0 Å². The van der Waals surface area contributed by atoms with Crippen LogP contribution >= 0.6 is 11.3 Å². The second-order valence-electron chi connectivity index (χ2n) is 8.93. The standard InChI is InChI=1S/C24H30N6O2S/c1-28-19(16-29-12-6-3-7-13-29)26-22-20(23(28)32)27-24(33-22)30-14-8-11-18(30)21(31)25-15-17-9-4-2-5-10-17/h2,4-5,9-10,18H,3,6-8,11-16H2,1H3,(H,25,31)/t18-/m1/s1. The second-order valence-corrected chi connectivity index (χ2v) is 9.89. The first kappa shape index (κ1) is 22.0. The summed E-state index contributed by atoms with van der Waals surface area (Å²) in [7, 11) is 1.78. The maximum Gasteiger partial charge on any atom is 0.280 e. The number of amides is 1. The van der Waals surface area contributed by atoms with Crippen LogP contribution < -0.4 is 15.8 Å². The predicted octanol–water partition coefficient (Wildman–Crippen LogP) is 2.66. The van der Waals surface area contributed by atoms with Gasteiger partial charge in [-0.15, -0.1) is 0 Å². The maximum absolute atomic E-state index is 13.0. The molecule has 8 nitrogen and oxygen atoms in total. The zero-order valence-electron chi connectivity index (χ0n) is 19.0. The summed E-state index contributed by atoms with van der Waals surface area (Å²) in [5.74, 6) is 0.783. The van der Waals surface area contributed by atoms with Gasteiger partial charge in [-0.1, -0.05) is 48.1 Å². The highest BCUT2D eigenvalue weighted by atomic mass is 32.1. The van der Waals surface area contributed by atoms with Gasteiger partial charge in [-0.2, -0.15) is 0 Å². The fraction of sp³-hybridized carbons (Fsp3) is 0.500. The molecule has 4 heterocycles. The van der Waals surface area contributed by atoms with Gasteiger partial charge in [0.2, 0.25) is 5.91 Å². The number of carbonyl (C=O) groups excluding carboxylic acids is 1. The van der Waals surface area contributed by atoms with E-state index in [2.05, 4.69) is 15.2 Å². The van der Waals surface area contributed by atoms with Gasteiger partial charge in [0, 0.05) is 20.1 Å². The molecule has 0 saturated carbocycles. The van der Waals surface area contributed by atoms with E-state index in [9.17, 15) is 9.59 Å². The molecular weight excluding hydrogens is 436 g/mol. The van der Waals surface area contributed by atoms with Gasteiger partial charge in [-0.3, -0.25) is 19.1 Å². The van der Waals surface area contributed by atoms with Crippen LogP contribution in [-0.4, -0.2) is 51.0 Å². The van der Waals surface area contributed by atoms with Gasteiger partial charge in [0.25, 0.3) is 5.56 Å². The first-order valence-electron chi connectivity index (χ1n) is 11.8. The van der Waals surface area contributed by atoms with Crippen LogP contribution in [0.25, 0.3) is 10.3 Å². The quantitative estimate of drug-likeness (QED) is 0.601. The lowest BCUT2D eigenvalue weighted by atomic mass is 10.1. The van der Waals surface area contributed by atoms with Crippen molar-refractivity contribution >= 4 is 32.7 Å². The Kier molecular flexibility index (Phi) is 6.41. The number of likely N-dealkylation sites (tertiary alicyclic amines) is 1. The molecular formula is C24H30N6O2S. The Hall–Kier alpha value is -2.78. The van der Waals surface area contributed by atoms with E-state index in [4.69, 9.17) is 4.98 Å². The van der Waals surface area contributed by atoms with Crippen molar-refractivity contribution in [1.29, 1.82) is 0 Å². The summed E-state index contributed by atoms with van der Waals surface area (Å²) in [5.41, 5.74) is 1.36. The number of anilines is 1. The van der Waals surface area contributed by atoms with E-state index in [0.717, 1.165) is 43.9 Å². The second kappa shape index (κ2) is 9.61. The molecule has 1 N–H and O–H groups in total. The summed E-state index contributed by atoms with van der Waals surface area (Å²) < 4.78 is 1.63. The first-order chi connectivity index (χ1) is 16.1. The fourth-order valence-electron chi connectivity index (χ4n) is 4.74. The highest BCUT2D eigenvalue weighted by Gasteiger charge is 2.33. The summed E-state index contributed by atoms with van der Waals surface area (Å²) in [4.78, 5) is 40.5. The molecule has 5 rings (SSSR count). The number of thiazole rings is 1. The molecule has 1 aromatic carbocycles. The molecule has 174 valence electrons. The molecule has 2 aliphatic rings. The summed E-state index contributed by atoms with van der Waals surface area (Å²) in [6, 6.07) is 9.64. The molecule has 0 spiro atoms. The lowest BCUT2D eigenvalue weighted by Gasteiger charge is -2.26. The van der Waals surface area contributed by atoms with E-state index in [1.54, 1.807) is 11.6 Å². The number of rotatable bonds is 6. The topological polar surface area (TPSA) is 83.4 Å². The number of carbonyl (C=O) groups is 1. The van der Waals surface area contributed by atoms with Crippen molar-refractivity contribution in [3.8, 4) is 0 Å². The Labute approximate surface area is 197 Å². The van der Waals surface area contributed by atoms with Crippen molar-refractivity contribution in [3.05, 3.63) is 52.1 Å². The Morgan fingerprint density at radius 1 is 1.09 bits per heavy atom. The largest absolute Gasteiger partial charge is 0.350 e. The lowest BCUT2D eigenvalue weighted by Crippen LogP contribution is -2.43. The Bertz CT molecular complexity index is 1180. The number of benzene rings is 1. The van der Waals surface area contributed by atoms with Gasteiger partial charge >= 0.3 is 0 Å². The van der Waals surface area contributed by atoms with Crippen molar-refractivity contribution in [3.63, 3.8) is 0 Å². The number of nitrogens with zero attached hydrogens (tertiary/aromatic N) is 5. The molecule has 0 aliphatic carbocycles. The van der Waals surface area contributed by atoms with Crippen molar-refractivity contribution in [2.75, 3.05) is 24.5 Å². The van der Waals surface area contributed by atoms with E-state index in [0.29, 0.717) is 28.6 Å². The molecule has 9 heteroatoms. The van der Waals surface area contributed by atoms with Crippen LogP contribution in [0.1, 0.15) is 43.5 Å². The van der Waals surface area contributed by atoms with Crippen LogP contribution in [0.5, 0.6) is 0 Å². The van der Waals surface area contributed by atoms with Gasteiger partial charge in [-0.25, -0.2) is 9.97 Å². The zero-order chi connectivity index (χ0) is 22.8. The molecule has 1 amide bonds. The SMILES string of the molecule is Cn1c(CN2CCCCC2)nc2sc(N3CCC[C@@H]3C(=O)NCc3ccccc3)nc2c1=O. The highest BCUT2D eigenvalue weighted by molar-refractivity contribution is 7.21. The summed E-state index contributed by atoms with van der Waals surface area (Å²) in [6.45, 7) is 4.05. The highest BCUT2D eigenvalue weighted by Crippen LogP contribution is 2.32. The van der Waals surface area contributed by atoms with Gasteiger partial charge in [0.15, 0.2) is 15.5 Å². The van der Waals surface area contributed by atoms with E-state index in [1.807, 2.05) is 35.2 Å². The minimum Gasteiger partial charge on any atom is -0.350 e. The minimum atomic E-state index is -0.272. The van der Waals surface area contributed by atoms with Crippen LogP contribution in [0.15, 0.2) is 35.1 Å². The number of hydrogen-bond acceptors (Lipinski definition) is 7. The van der Waals surface area contributed by atoms with E-state index >= 15 is 0 Å². The molecule has 2 saturated heterocycles. The van der Waals surface area contributed by atoms with Crippen molar-refractivity contribution in [2.45, 2.75) is 51.2 Å². The number of fused-ring (bicyclic) bond motifs is 1. The average Bonchev–Trinajstić information content (AvgIpc) is 3.49. The third kappa shape index (κ3) is 4.65. The van der Waals surface area contributed by atoms with Crippen molar-refractivity contribution in [2.24, 2.45) is 7.05 Å². The monoisotopic (exact) mass is 466 g/mol. The Balaban J connectivity index is 1.35. The van der Waals surface area contributed by atoms with Crippen molar-refractivity contribution in [1.82, 2.24) is 24.8 Å². The normalized spacial score (nSPS) is 19.3. The number of aromatic nitrogens is 3. The minimum absolute atomic E-state index is 0.00209. The van der Waals surface area contributed by atoms with Crippen LogP contribution in [-0.2, 0) is 24.9 Å². The van der Waals surface area contributed by atoms with Gasteiger partial charge in [0.1, 0.15) is 11.9 Å². The maximum atomic E-state index is 13.0. The van der Waals surface area contributed by atoms with Crippen LogP contribution in [0.2, 0.25) is 0 Å². The van der Waals surface area contributed by atoms with Gasteiger partial charge in [-0.05, 0) is 44.3 Å². The Morgan fingerprint density at radius 3 is 2.67 bits per heavy atom. The average molecular weight is 467 g/mol. The molecule has 0 unspecified atom stereocenters. The van der Waals surface area contributed by atoms with Crippen LogP contribution in [0.4, 0.5) is 5.13 Å². The number of hydrogen-bond donors (Lipinski definition) is 1. The smallest absolute Gasteiger partial charge is 0.280 e. The molecule has 0 radical (unpaired) electrons. The molecule has 0 bridgehead atoms. The molecule has 2 fully saturated rings. The third-order valence-corrected chi connectivity index (χ3v) is 7.63. The van der Waals surface area contributed by atoms with Crippen LogP contribution in [0, 0.1) is 0 Å². The zero-order valence-corrected chi connectivity index (χ0v) is 19.8. The third-order valence-electron chi connectivity index (χ3n) is 6.65. The van der Waals surface area contributed by atoms with Gasteiger partial charge < -0.3 is 10.2 Å². The van der Waals surface area contributed by atoms with Crippen molar-refractivity contribution < 1.29 is 4.79 Å². The molecule has 2 aromatic heterocycles. The predicted molar refractivity (Wildman–Crippen MR) is 130 cm³/mol. The lowest BCUT2D eigenvalue weighted by molar-refractivity contribution is -0.122. The molecule has 33 heavy (non-hydrogen) atoms. The number of piperidine rings is 1. The first-order valence-corrected chi connectivity index (χ1v) is 12.6. The fourth-order valence-corrected chi connectivity index (χ4v) is 5.76. The molecule has 1 atom stereocenters. The summed E-state index contributed by atoms with van der Waals surface area (Å²) >= 11 is 1.42. The Morgan fingerprint density at radius 2 is 1.88 bits per heavy atom. The summed E-state index contributed by atoms with van der Waals surface area (Å²) in [6.07, 6.45) is 5.37. The van der Waals surface area contributed by atoms with E-state index in [1.165, 1.54) is 30.6 Å². The number of nitrogens with one attached hydrogen (secondary N) is 1. The van der Waals surface area contributed by atoms with Gasteiger partial charge in [0.05, 0.1) is 6.54 Å².